The minimum Gasteiger partial charge on any atom is -0.375 e. The van der Waals surface area contributed by atoms with Crippen molar-refractivity contribution in [2.45, 2.75) is 53.3 Å². The van der Waals surface area contributed by atoms with E-state index in [4.69, 9.17) is 9.73 Å². The molecule has 0 aliphatic carbocycles. The van der Waals surface area contributed by atoms with Crippen LogP contribution in [0.1, 0.15) is 51.4 Å². The predicted octanol–water partition coefficient (Wildman–Crippen LogP) is 2.98. The number of methoxy groups -OCH3 is 1. The molecule has 7 heteroatoms. The number of guanidine groups is 1. The molecule has 0 radical (unpaired) electrons. The normalized spacial score (nSPS) is 13.6. The third kappa shape index (κ3) is 7.30. The third-order valence-electron chi connectivity index (χ3n) is 4.15. The van der Waals surface area contributed by atoms with Gasteiger partial charge in [0.1, 0.15) is 11.1 Å². The van der Waals surface area contributed by atoms with E-state index >= 15 is 0 Å². The van der Waals surface area contributed by atoms with Gasteiger partial charge in [0.15, 0.2) is 5.96 Å². The first-order valence-electron chi connectivity index (χ1n) is 9.13. The van der Waals surface area contributed by atoms with Gasteiger partial charge in [0.25, 0.3) is 0 Å². The maximum Gasteiger partial charge on any atom is 0.194 e. The Morgan fingerprint density at radius 3 is 2.64 bits per heavy atom. The van der Waals surface area contributed by atoms with Crippen LogP contribution in [0.4, 0.5) is 0 Å². The zero-order valence-corrected chi connectivity index (χ0v) is 17.7. The average molecular weight is 370 g/mol. The van der Waals surface area contributed by atoms with Gasteiger partial charge < -0.3 is 15.0 Å². The van der Waals surface area contributed by atoms with Crippen LogP contribution in [0.5, 0.6) is 0 Å². The van der Waals surface area contributed by atoms with Crippen molar-refractivity contribution < 1.29 is 4.74 Å². The van der Waals surface area contributed by atoms with Crippen LogP contribution in [0.15, 0.2) is 10.4 Å². The Kier molecular flexibility index (Phi) is 10.0. The molecule has 0 aliphatic rings. The summed E-state index contributed by atoms with van der Waals surface area (Å²) in [5, 5.41) is 6.49. The fraction of sp³-hybridized carbons (Fsp3) is 0.778. The highest BCUT2D eigenvalue weighted by Crippen LogP contribution is 2.20. The zero-order chi connectivity index (χ0) is 18.8. The first kappa shape index (κ1) is 21.9. The Hall–Kier alpha value is -1.18. The largest absolute Gasteiger partial charge is 0.375 e. The number of aliphatic imine (C=N–C) groups is 1. The Labute approximate surface area is 157 Å². The van der Waals surface area contributed by atoms with Crippen LogP contribution in [-0.2, 0) is 11.3 Å². The molecule has 1 aromatic heterocycles. The minimum atomic E-state index is 0.0435. The molecule has 0 aromatic carbocycles. The number of nitrogens with zero attached hydrogens (tertiary/aromatic N) is 4. The topological polar surface area (TPSA) is 53.0 Å². The second kappa shape index (κ2) is 11.4. The molecule has 1 N–H and O–H groups in total. The highest BCUT2D eigenvalue weighted by atomic mass is 32.1. The maximum atomic E-state index is 5.34. The zero-order valence-electron chi connectivity index (χ0n) is 16.9. The van der Waals surface area contributed by atoms with E-state index in [0.717, 1.165) is 49.4 Å². The Balaban J connectivity index is 2.67. The molecule has 0 bridgehead atoms. The van der Waals surface area contributed by atoms with Crippen molar-refractivity contribution >= 4 is 17.3 Å². The van der Waals surface area contributed by atoms with Crippen LogP contribution in [0.3, 0.4) is 0 Å². The van der Waals surface area contributed by atoms with Gasteiger partial charge in [-0.2, -0.15) is 0 Å². The number of likely N-dealkylation sites (N-methyl/N-ethyl adjacent to an activating group) is 1. The first-order valence-corrected chi connectivity index (χ1v) is 10.0. The van der Waals surface area contributed by atoms with E-state index in [1.807, 2.05) is 6.92 Å². The van der Waals surface area contributed by atoms with Crippen molar-refractivity contribution in [3.63, 3.8) is 0 Å². The molecule has 1 unspecified atom stereocenters. The summed E-state index contributed by atoms with van der Waals surface area (Å²) in [7, 11) is 3.77. The van der Waals surface area contributed by atoms with Gasteiger partial charge >= 0.3 is 0 Å². The molecule has 0 saturated heterocycles. The predicted molar refractivity (Wildman–Crippen MR) is 107 cm³/mol. The van der Waals surface area contributed by atoms with E-state index < -0.39 is 0 Å². The molecule has 25 heavy (non-hydrogen) atoms. The van der Waals surface area contributed by atoms with Crippen molar-refractivity contribution in [2.75, 3.05) is 40.3 Å². The highest BCUT2D eigenvalue weighted by Gasteiger charge is 2.13. The van der Waals surface area contributed by atoms with Crippen LogP contribution in [0.2, 0.25) is 0 Å². The lowest BCUT2D eigenvalue weighted by atomic mass is 10.3. The second-order valence-corrected chi connectivity index (χ2v) is 7.26. The number of hydrogen-bond acceptors (Lipinski definition) is 5. The van der Waals surface area contributed by atoms with Crippen molar-refractivity contribution in [3.05, 3.63) is 16.1 Å². The molecular weight excluding hydrogens is 334 g/mol. The molecule has 0 saturated carbocycles. The number of hydrogen-bond donors (Lipinski definition) is 1. The monoisotopic (exact) mass is 369 g/mol. The van der Waals surface area contributed by atoms with Crippen molar-refractivity contribution in [3.8, 4) is 0 Å². The number of rotatable bonds is 10. The van der Waals surface area contributed by atoms with E-state index in [0.29, 0.717) is 6.04 Å². The molecule has 0 amide bonds. The standard InChI is InChI=1S/C18H35N5OS/c1-8-19-18(20-10-11-23(9-2)14(3)4)22(6)12-16-13-25-17(21-16)15(5)24-7/h13-15H,8-12H2,1-7H3,(H,19,20). The summed E-state index contributed by atoms with van der Waals surface area (Å²) >= 11 is 1.65. The van der Waals surface area contributed by atoms with Crippen molar-refractivity contribution in [2.24, 2.45) is 4.99 Å². The minimum absolute atomic E-state index is 0.0435. The van der Waals surface area contributed by atoms with Gasteiger partial charge in [-0.1, -0.05) is 6.92 Å². The molecule has 1 heterocycles. The Morgan fingerprint density at radius 2 is 2.08 bits per heavy atom. The fourth-order valence-corrected chi connectivity index (χ4v) is 3.38. The molecule has 1 aromatic rings. The summed E-state index contributed by atoms with van der Waals surface area (Å²) in [5.41, 5.74) is 1.05. The average Bonchev–Trinajstić information content (AvgIpc) is 3.05. The third-order valence-corrected chi connectivity index (χ3v) is 5.21. The summed E-state index contributed by atoms with van der Waals surface area (Å²) in [4.78, 5) is 14.0. The molecule has 0 fully saturated rings. The van der Waals surface area contributed by atoms with Crippen LogP contribution < -0.4 is 5.32 Å². The molecule has 0 spiro atoms. The summed E-state index contributed by atoms with van der Waals surface area (Å²) in [6, 6.07) is 0.553. The van der Waals surface area contributed by atoms with Gasteiger partial charge in [-0.25, -0.2) is 4.98 Å². The van der Waals surface area contributed by atoms with Gasteiger partial charge in [0.05, 0.1) is 18.8 Å². The molecule has 1 atom stereocenters. The van der Waals surface area contributed by atoms with E-state index in [1.54, 1.807) is 18.4 Å². The highest BCUT2D eigenvalue weighted by molar-refractivity contribution is 7.09. The number of aromatic nitrogens is 1. The van der Waals surface area contributed by atoms with Crippen LogP contribution in [0, 0.1) is 0 Å². The second-order valence-electron chi connectivity index (χ2n) is 6.37. The summed E-state index contributed by atoms with van der Waals surface area (Å²) in [6.07, 6.45) is 0.0435. The van der Waals surface area contributed by atoms with Crippen LogP contribution in [0.25, 0.3) is 0 Å². The van der Waals surface area contributed by atoms with Crippen LogP contribution in [-0.4, -0.2) is 67.1 Å². The SMILES string of the molecule is CCNC(=NCCN(CC)C(C)C)N(C)Cc1csc(C(C)OC)n1. The lowest BCUT2D eigenvalue weighted by Gasteiger charge is -2.25. The Bertz CT molecular complexity index is 517. The molecule has 0 aliphatic heterocycles. The summed E-state index contributed by atoms with van der Waals surface area (Å²) < 4.78 is 5.34. The maximum absolute atomic E-state index is 5.34. The molecular formula is C18H35N5OS. The van der Waals surface area contributed by atoms with E-state index in [9.17, 15) is 0 Å². The lowest BCUT2D eigenvalue weighted by Crippen LogP contribution is -2.39. The lowest BCUT2D eigenvalue weighted by molar-refractivity contribution is 0.119. The smallest absolute Gasteiger partial charge is 0.194 e. The van der Waals surface area contributed by atoms with E-state index in [1.165, 1.54) is 0 Å². The molecule has 144 valence electrons. The quantitative estimate of drug-likeness (QED) is 0.508. The molecule has 1 rings (SSSR count). The van der Waals surface area contributed by atoms with Crippen molar-refractivity contribution in [1.29, 1.82) is 0 Å². The first-order chi connectivity index (χ1) is 11.9. The molecule has 6 nitrogen and oxygen atoms in total. The fourth-order valence-electron chi connectivity index (χ4n) is 2.54. The van der Waals surface area contributed by atoms with Crippen LogP contribution >= 0.6 is 11.3 Å². The van der Waals surface area contributed by atoms with Gasteiger partial charge in [-0.05, 0) is 34.2 Å². The summed E-state index contributed by atoms with van der Waals surface area (Å²) in [6.45, 7) is 15.2. The van der Waals surface area contributed by atoms with Gasteiger partial charge in [-0.15, -0.1) is 11.3 Å². The van der Waals surface area contributed by atoms with Gasteiger partial charge in [0, 0.05) is 38.7 Å². The number of ether oxygens (including phenoxy) is 1. The van der Waals surface area contributed by atoms with E-state index in [2.05, 4.69) is 60.2 Å². The van der Waals surface area contributed by atoms with Gasteiger partial charge in [-0.3, -0.25) is 9.89 Å². The Morgan fingerprint density at radius 1 is 1.36 bits per heavy atom. The van der Waals surface area contributed by atoms with E-state index in [-0.39, 0.29) is 6.10 Å². The number of thiazole rings is 1. The van der Waals surface area contributed by atoms with Gasteiger partial charge in [0.2, 0.25) is 0 Å². The number of nitrogens with one attached hydrogen (secondary N) is 1. The van der Waals surface area contributed by atoms with Crippen molar-refractivity contribution in [1.82, 2.24) is 20.1 Å². The summed E-state index contributed by atoms with van der Waals surface area (Å²) in [5.74, 6) is 0.927.